The molecule has 76 valence electrons. The van der Waals surface area contributed by atoms with Crippen LogP contribution in [0.4, 0.5) is 0 Å². The third-order valence-corrected chi connectivity index (χ3v) is 2.15. The molecule has 3 heteroatoms. The van der Waals surface area contributed by atoms with E-state index in [2.05, 4.69) is 29.9 Å². The Balaban J connectivity index is 2.46. The second kappa shape index (κ2) is 5.40. The predicted octanol–water partition coefficient (Wildman–Crippen LogP) is 1.18. The van der Waals surface area contributed by atoms with Crippen LogP contribution >= 0.6 is 0 Å². The number of nitrogens with one attached hydrogen (secondary N) is 2. The summed E-state index contributed by atoms with van der Waals surface area (Å²) in [7, 11) is 1.69. The van der Waals surface area contributed by atoms with Gasteiger partial charge in [-0.25, -0.2) is 5.43 Å². The van der Waals surface area contributed by atoms with Gasteiger partial charge in [0.1, 0.15) is 0 Å². The zero-order valence-corrected chi connectivity index (χ0v) is 8.63. The second-order valence-corrected chi connectivity index (χ2v) is 3.22. The van der Waals surface area contributed by atoms with Crippen LogP contribution in [0, 0.1) is 6.92 Å². The summed E-state index contributed by atoms with van der Waals surface area (Å²) >= 11 is 0. The van der Waals surface area contributed by atoms with Crippen LogP contribution in [0.1, 0.15) is 17.5 Å². The number of hydrazine groups is 1. The summed E-state index contributed by atoms with van der Waals surface area (Å²) in [6.45, 7) is 2.06. The monoisotopic (exact) mass is 192 g/mol. The smallest absolute Gasteiger partial charge is 0.234 e. The molecule has 0 heterocycles. The van der Waals surface area contributed by atoms with Gasteiger partial charge in [0.25, 0.3) is 0 Å². The van der Waals surface area contributed by atoms with Gasteiger partial charge >= 0.3 is 0 Å². The molecule has 0 bridgehead atoms. The number of rotatable bonds is 4. The van der Waals surface area contributed by atoms with E-state index in [0.29, 0.717) is 6.42 Å². The van der Waals surface area contributed by atoms with Crippen molar-refractivity contribution in [2.45, 2.75) is 19.8 Å². The quantitative estimate of drug-likeness (QED) is 0.703. The Kier molecular flexibility index (Phi) is 4.13. The molecule has 0 saturated carbocycles. The highest BCUT2D eigenvalue weighted by molar-refractivity contribution is 5.75. The van der Waals surface area contributed by atoms with Gasteiger partial charge in [-0.2, -0.15) is 0 Å². The minimum Gasteiger partial charge on any atom is -0.292 e. The van der Waals surface area contributed by atoms with Crippen molar-refractivity contribution in [1.29, 1.82) is 0 Å². The zero-order chi connectivity index (χ0) is 10.4. The maximum Gasteiger partial charge on any atom is 0.234 e. The summed E-state index contributed by atoms with van der Waals surface area (Å²) in [6, 6.07) is 8.12. The minimum atomic E-state index is 0.0238. The van der Waals surface area contributed by atoms with Crippen LogP contribution in [0.3, 0.4) is 0 Å². The predicted molar refractivity (Wildman–Crippen MR) is 56.7 cm³/mol. The number of carbonyl (C=O) groups is 1. The van der Waals surface area contributed by atoms with E-state index < -0.39 is 0 Å². The molecule has 0 spiro atoms. The van der Waals surface area contributed by atoms with E-state index in [1.807, 2.05) is 12.1 Å². The van der Waals surface area contributed by atoms with Crippen LogP contribution in [-0.4, -0.2) is 13.0 Å². The van der Waals surface area contributed by atoms with Gasteiger partial charge < -0.3 is 0 Å². The Labute approximate surface area is 84.5 Å². The van der Waals surface area contributed by atoms with Crippen LogP contribution < -0.4 is 10.9 Å². The number of hydrogen-bond acceptors (Lipinski definition) is 2. The lowest BCUT2D eigenvalue weighted by atomic mass is 10.0. The van der Waals surface area contributed by atoms with Gasteiger partial charge in [-0.05, 0) is 24.5 Å². The van der Waals surface area contributed by atoms with Crippen molar-refractivity contribution in [2.24, 2.45) is 0 Å². The van der Waals surface area contributed by atoms with Crippen molar-refractivity contribution in [2.75, 3.05) is 7.05 Å². The molecular weight excluding hydrogens is 176 g/mol. The Bertz CT molecular complexity index is 310. The molecule has 2 N–H and O–H groups in total. The first-order valence-corrected chi connectivity index (χ1v) is 4.74. The largest absolute Gasteiger partial charge is 0.292 e. The lowest BCUT2D eigenvalue weighted by Gasteiger charge is -2.05. The molecular formula is C11H16N2O. The summed E-state index contributed by atoms with van der Waals surface area (Å²) in [4.78, 5) is 11.2. The molecule has 1 aromatic rings. The summed E-state index contributed by atoms with van der Waals surface area (Å²) < 4.78 is 0. The fourth-order valence-electron chi connectivity index (χ4n) is 1.34. The molecule has 0 aliphatic heterocycles. The van der Waals surface area contributed by atoms with Gasteiger partial charge in [-0.3, -0.25) is 10.2 Å². The topological polar surface area (TPSA) is 41.1 Å². The molecule has 0 aliphatic carbocycles. The summed E-state index contributed by atoms with van der Waals surface area (Å²) in [5.41, 5.74) is 7.64. The van der Waals surface area contributed by atoms with Crippen molar-refractivity contribution < 1.29 is 4.79 Å². The summed E-state index contributed by atoms with van der Waals surface area (Å²) in [5.74, 6) is 0.0238. The molecule has 0 aliphatic rings. The Morgan fingerprint density at radius 3 is 2.71 bits per heavy atom. The third-order valence-electron chi connectivity index (χ3n) is 2.15. The van der Waals surface area contributed by atoms with Crippen molar-refractivity contribution in [3.63, 3.8) is 0 Å². The van der Waals surface area contributed by atoms with Gasteiger partial charge in [-0.15, -0.1) is 0 Å². The highest BCUT2D eigenvalue weighted by atomic mass is 16.2. The highest BCUT2D eigenvalue weighted by Gasteiger charge is 2.01. The number of benzene rings is 1. The summed E-state index contributed by atoms with van der Waals surface area (Å²) in [6.07, 6.45) is 1.31. The van der Waals surface area contributed by atoms with Gasteiger partial charge in [0.05, 0.1) is 0 Å². The maximum absolute atomic E-state index is 11.2. The number of hydrogen-bond donors (Lipinski definition) is 2. The number of amides is 1. The van der Waals surface area contributed by atoms with Crippen LogP contribution in [-0.2, 0) is 11.2 Å². The Morgan fingerprint density at radius 2 is 2.07 bits per heavy atom. The molecule has 1 rings (SSSR count). The van der Waals surface area contributed by atoms with Crippen molar-refractivity contribution in [1.82, 2.24) is 10.9 Å². The van der Waals surface area contributed by atoms with Gasteiger partial charge in [0.15, 0.2) is 0 Å². The molecule has 14 heavy (non-hydrogen) atoms. The van der Waals surface area contributed by atoms with E-state index in [1.165, 1.54) is 11.1 Å². The molecule has 1 aromatic carbocycles. The molecule has 0 unspecified atom stereocenters. The maximum atomic E-state index is 11.2. The van der Waals surface area contributed by atoms with E-state index in [9.17, 15) is 4.79 Å². The van der Waals surface area contributed by atoms with Crippen molar-refractivity contribution in [3.8, 4) is 0 Å². The first kappa shape index (κ1) is 10.7. The lowest BCUT2D eigenvalue weighted by Crippen LogP contribution is -2.34. The van der Waals surface area contributed by atoms with E-state index in [1.54, 1.807) is 7.05 Å². The van der Waals surface area contributed by atoms with Crippen LogP contribution in [0.2, 0.25) is 0 Å². The minimum absolute atomic E-state index is 0.0238. The fourth-order valence-corrected chi connectivity index (χ4v) is 1.34. The lowest BCUT2D eigenvalue weighted by molar-refractivity contribution is -0.121. The van der Waals surface area contributed by atoms with Crippen molar-refractivity contribution in [3.05, 3.63) is 35.4 Å². The molecule has 0 fully saturated rings. The van der Waals surface area contributed by atoms with E-state index in [-0.39, 0.29) is 5.91 Å². The van der Waals surface area contributed by atoms with Gasteiger partial charge in [0.2, 0.25) is 5.91 Å². The first-order valence-electron chi connectivity index (χ1n) is 4.74. The van der Waals surface area contributed by atoms with Gasteiger partial charge in [0, 0.05) is 13.5 Å². The van der Waals surface area contributed by atoms with Crippen LogP contribution in [0.25, 0.3) is 0 Å². The SMILES string of the molecule is CNNC(=O)CCc1ccccc1C. The van der Waals surface area contributed by atoms with Gasteiger partial charge in [-0.1, -0.05) is 24.3 Å². The highest BCUT2D eigenvalue weighted by Crippen LogP contribution is 2.08. The van der Waals surface area contributed by atoms with E-state index in [0.717, 1.165) is 6.42 Å². The van der Waals surface area contributed by atoms with Crippen molar-refractivity contribution >= 4 is 5.91 Å². The van der Waals surface area contributed by atoms with E-state index >= 15 is 0 Å². The molecule has 0 aromatic heterocycles. The van der Waals surface area contributed by atoms with E-state index in [4.69, 9.17) is 0 Å². The first-order chi connectivity index (χ1) is 6.74. The zero-order valence-electron chi connectivity index (χ0n) is 8.63. The molecule has 0 radical (unpaired) electrons. The van der Waals surface area contributed by atoms with Crippen LogP contribution in [0.5, 0.6) is 0 Å². The fraction of sp³-hybridized carbons (Fsp3) is 0.364. The average Bonchev–Trinajstić information content (AvgIpc) is 2.17. The third kappa shape index (κ3) is 3.18. The normalized spacial score (nSPS) is 9.86. The molecule has 0 atom stereocenters. The molecule has 0 saturated heterocycles. The Hall–Kier alpha value is -1.35. The summed E-state index contributed by atoms with van der Waals surface area (Å²) in [5, 5.41) is 0. The standard InChI is InChI=1S/C11H16N2O/c1-9-5-3-4-6-10(9)7-8-11(14)13-12-2/h3-6,12H,7-8H2,1-2H3,(H,13,14). The van der Waals surface area contributed by atoms with Crippen LogP contribution in [0.15, 0.2) is 24.3 Å². The average molecular weight is 192 g/mol. The Morgan fingerprint density at radius 1 is 1.36 bits per heavy atom. The number of aryl methyl sites for hydroxylation is 2. The molecule has 3 nitrogen and oxygen atoms in total. The molecule has 1 amide bonds. The second-order valence-electron chi connectivity index (χ2n) is 3.22. The number of carbonyl (C=O) groups excluding carboxylic acids is 1.